The van der Waals surface area contributed by atoms with Crippen molar-refractivity contribution >= 4 is 0 Å². The zero-order valence-electron chi connectivity index (χ0n) is 7.19. The number of fused-ring (bicyclic) bond motifs is 1. The summed E-state index contributed by atoms with van der Waals surface area (Å²) < 4.78 is 1.83. The van der Waals surface area contributed by atoms with Crippen LogP contribution in [0.2, 0.25) is 0 Å². The van der Waals surface area contributed by atoms with Crippen molar-refractivity contribution in [2.75, 3.05) is 0 Å². The molecular formula is C8H13N3O. The van der Waals surface area contributed by atoms with Gasteiger partial charge in [-0.1, -0.05) is 6.92 Å². The van der Waals surface area contributed by atoms with Crippen LogP contribution < -0.4 is 0 Å². The number of hydrogen-bond donors (Lipinski definition) is 1. The van der Waals surface area contributed by atoms with Gasteiger partial charge in [0.25, 0.3) is 0 Å². The second-order valence-electron chi connectivity index (χ2n) is 3.12. The van der Waals surface area contributed by atoms with E-state index in [1.807, 2.05) is 11.6 Å². The summed E-state index contributed by atoms with van der Waals surface area (Å²) >= 11 is 0. The molecule has 0 amide bonds. The van der Waals surface area contributed by atoms with Crippen LogP contribution >= 0.6 is 0 Å². The Hall–Kier alpha value is -0.900. The fourth-order valence-corrected chi connectivity index (χ4v) is 1.53. The van der Waals surface area contributed by atoms with E-state index in [1.54, 1.807) is 0 Å². The maximum absolute atomic E-state index is 9.55. The molecule has 66 valence electrons. The molecule has 1 aliphatic heterocycles. The van der Waals surface area contributed by atoms with Gasteiger partial charge in [-0.15, -0.1) is 0 Å². The van der Waals surface area contributed by atoms with E-state index in [0.717, 1.165) is 37.5 Å². The molecule has 4 nitrogen and oxygen atoms in total. The average molecular weight is 167 g/mol. The van der Waals surface area contributed by atoms with Crippen molar-refractivity contribution in [3.05, 3.63) is 11.6 Å². The molecular weight excluding hydrogens is 154 g/mol. The summed E-state index contributed by atoms with van der Waals surface area (Å²) in [6.45, 7) is 2.92. The van der Waals surface area contributed by atoms with Crippen molar-refractivity contribution in [2.24, 2.45) is 0 Å². The minimum absolute atomic E-state index is 0.397. The summed E-state index contributed by atoms with van der Waals surface area (Å²) in [7, 11) is 0. The number of aromatic nitrogens is 3. The highest BCUT2D eigenvalue weighted by Crippen LogP contribution is 2.22. The molecule has 1 aromatic heterocycles. The number of aliphatic hydroxyl groups excluding tert-OH is 1. The lowest BCUT2D eigenvalue weighted by atomic mass is 10.1. The summed E-state index contributed by atoms with van der Waals surface area (Å²) in [5.41, 5.74) is 0. The van der Waals surface area contributed by atoms with Gasteiger partial charge in [-0.05, 0) is 12.8 Å². The van der Waals surface area contributed by atoms with Crippen LogP contribution in [0.4, 0.5) is 0 Å². The maximum Gasteiger partial charge on any atom is 0.156 e. The van der Waals surface area contributed by atoms with E-state index in [-0.39, 0.29) is 0 Å². The van der Waals surface area contributed by atoms with Crippen molar-refractivity contribution < 1.29 is 5.11 Å². The zero-order valence-corrected chi connectivity index (χ0v) is 7.19. The van der Waals surface area contributed by atoms with Crippen molar-refractivity contribution in [2.45, 2.75) is 38.8 Å². The van der Waals surface area contributed by atoms with Crippen LogP contribution in [0.5, 0.6) is 0 Å². The van der Waals surface area contributed by atoms with Gasteiger partial charge in [-0.2, -0.15) is 5.10 Å². The Bertz CT molecular complexity index is 282. The van der Waals surface area contributed by atoms with Crippen LogP contribution in [0.25, 0.3) is 0 Å². The van der Waals surface area contributed by atoms with E-state index in [2.05, 4.69) is 10.1 Å². The van der Waals surface area contributed by atoms with Crippen LogP contribution in [0, 0.1) is 0 Å². The van der Waals surface area contributed by atoms with Crippen LogP contribution in [0.1, 0.15) is 37.5 Å². The van der Waals surface area contributed by atoms with Crippen LogP contribution in [0.15, 0.2) is 0 Å². The smallest absolute Gasteiger partial charge is 0.156 e. The molecule has 1 unspecified atom stereocenters. The predicted octanol–water partition coefficient (Wildman–Crippen LogP) is 0.668. The Labute approximate surface area is 71.2 Å². The normalized spacial score (nSPS) is 22.3. The van der Waals surface area contributed by atoms with E-state index in [4.69, 9.17) is 0 Å². The lowest BCUT2D eigenvalue weighted by molar-refractivity contribution is 0.130. The lowest BCUT2D eigenvalue weighted by Gasteiger charge is -2.16. The van der Waals surface area contributed by atoms with E-state index in [0.29, 0.717) is 0 Å². The molecule has 0 radical (unpaired) electrons. The predicted molar refractivity (Wildman–Crippen MR) is 43.6 cm³/mol. The average Bonchev–Trinajstić information content (AvgIpc) is 2.49. The van der Waals surface area contributed by atoms with E-state index >= 15 is 0 Å². The second kappa shape index (κ2) is 2.86. The first-order valence-electron chi connectivity index (χ1n) is 4.43. The Balaban J connectivity index is 2.37. The summed E-state index contributed by atoms with van der Waals surface area (Å²) in [6, 6.07) is 0. The van der Waals surface area contributed by atoms with Gasteiger partial charge in [0.15, 0.2) is 11.6 Å². The van der Waals surface area contributed by atoms with Crippen molar-refractivity contribution in [3.63, 3.8) is 0 Å². The third-order valence-corrected chi connectivity index (χ3v) is 2.21. The Morgan fingerprint density at radius 2 is 2.50 bits per heavy atom. The molecule has 1 aliphatic rings. The monoisotopic (exact) mass is 167 g/mol. The summed E-state index contributed by atoms with van der Waals surface area (Å²) in [5.74, 6) is 1.59. The molecule has 1 atom stereocenters. The number of nitrogens with zero attached hydrogens (tertiary/aromatic N) is 3. The van der Waals surface area contributed by atoms with Gasteiger partial charge < -0.3 is 5.11 Å². The van der Waals surface area contributed by atoms with Gasteiger partial charge in [0.2, 0.25) is 0 Å². The zero-order chi connectivity index (χ0) is 8.55. The summed E-state index contributed by atoms with van der Waals surface area (Å²) in [6.07, 6.45) is 2.27. The quantitative estimate of drug-likeness (QED) is 0.668. The lowest BCUT2D eigenvalue weighted by Crippen LogP contribution is -2.16. The summed E-state index contributed by atoms with van der Waals surface area (Å²) in [5, 5.41) is 13.8. The molecule has 1 N–H and O–H groups in total. The first-order chi connectivity index (χ1) is 5.81. The molecule has 1 aromatic rings. The highest BCUT2D eigenvalue weighted by atomic mass is 16.3. The van der Waals surface area contributed by atoms with E-state index in [9.17, 15) is 5.11 Å². The highest BCUT2D eigenvalue weighted by Gasteiger charge is 2.21. The topological polar surface area (TPSA) is 50.9 Å². The van der Waals surface area contributed by atoms with Gasteiger partial charge in [0.05, 0.1) is 0 Å². The van der Waals surface area contributed by atoms with E-state index < -0.39 is 6.10 Å². The minimum atomic E-state index is -0.397. The maximum atomic E-state index is 9.55. The largest absolute Gasteiger partial charge is 0.385 e. The van der Waals surface area contributed by atoms with Crippen molar-refractivity contribution in [1.82, 2.24) is 14.8 Å². The Kier molecular flexibility index (Phi) is 1.84. The molecule has 12 heavy (non-hydrogen) atoms. The van der Waals surface area contributed by atoms with Gasteiger partial charge in [-0.25, -0.2) is 9.67 Å². The van der Waals surface area contributed by atoms with Gasteiger partial charge in [0, 0.05) is 13.0 Å². The molecule has 0 aliphatic carbocycles. The highest BCUT2D eigenvalue weighted by molar-refractivity contribution is 4.98. The third kappa shape index (κ3) is 1.12. The number of aliphatic hydroxyl groups is 1. The van der Waals surface area contributed by atoms with Gasteiger partial charge >= 0.3 is 0 Å². The minimum Gasteiger partial charge on any atom is -0.385 e. The molecule has 4 heteroatoms. The summed E-state index contributed by atoms with van der Waals surface area (Å²) in [4.78, 5) is 4.25. The molecule has 0 aromatic carbocycles. The molecule has 0 spiro atoms. The fraction of sp³-hybridized carbons (Fsp3) is 0.750. The molecule has 0 saturated heterocycles. The number of hydrogen-bond acceptors (Lipinski definition) is 3. The molecule has 0 fully saturated rings. The second-order valence-corrected chi connectivity index (χ2v) is 3.12. The number of rotatable bonds is 1. The Morgan fingerprint density at radius 1 is 1.67 bits per heavy atom. The van der Waals surface area contributed by atoms with Gasteiger partial charge in [-0.3, -0.25) is 0 Å². The first-order valence-corrected chi connectivity index (χ1v) is 4.43. The van der Waals surface area contributed by atoms with Crippen molar-refractivity contribution in [1.29, 1.82) is 0 Å². The molecule has 2 rings (SSSR count). The van der Waals surface area contributed by atoms with Crippen LogP contribution in [0.3, 0.4) is 0 Å². The van der Waals surface area contributed by atoms with Crippen LogP contribution in [-0.4, -0.2) is 19.9 Å². The van der Waals surface area contributed by atoms with Crippen LogP contribution in [-0.2, 0) is 13.0 Å². The molecule has 2 heterocycles. The fourth-order valence-electron chi connectivity index (χ4n) is 1.53. The van der Waals surface area contributed by atoms with E-state index in [1.165, 1.54) is 0 Å². The molecule has 0 bridgehead atoms. The standard InChI is InChI=1S/C8H13N3O/c1-2-7-9-8-6(12)4-3-5-11(8)10-7/h6,12H,2-5H2,1H3. The first kappa shape index (κ1) is 7.73. The van der Waals surface area contributed by atoms with Gasteiger partial charge in [0.1, 0.15) is 6.10 Å². The Morgan fingerprint density at radius 3 is 3.17 bits per heavy atom. The SMILES string of the molecule is CCc1nc2n(n1)CCCC2O. The molecule has 0 saturated carbocycles. The number of aryl methyl sites for hydroxylation is 2. The van der Waals surface area contributed by atoms with Crippen molar-refractivity contribution in [3.8, 4) is 0 Å². The third-order valence-electron chi connectivity index (χ3n) is 2.21.